The van der Waals surface area contributed by atoms with E-state index in [1.165, 1.54) is 4.88 Å². The molecule has 1 unspecified atom stereocenters. The maximum atomic E-state index is 5.88. The summed E-state index contributed by atoms with van der Waals surface area (Å²) in [5, 5.41) is 1.03. The van der Waals surface area contributed by atoms with Crippen LogP contribution in [0.2, 0.25) is 0 Å². The zero-order valence-corrected chi connectivity index (χ0v) is 9.86. The smallest absolute Gasteiger partial charge is 0.119 e. The van der Waals surface area contributed by atoms with Gasteiger partial charge in [-0.3, -0.25) is 0 Å². The highest BCUT2D eigenvalue weighted by molar-refractivity contribution is 7.11. The minimum atomic E-state index is 0.0830. The molecule has 0 radical (unpaired) electrons. The summed E-state index contributed by atoms with van der Waals surface area (Å²) < 4.78 is 5.06. The van der Waals surface area contributed by atoms with E-state index < -0.39 is 0 Å². The summed E-state index contributed by atoms with van der Waals surface area (Å²) in [5.74, 6) is 0. The predicted molar refractivity (Wildman–Crippen MR) is 59.4 cm³/mol. The van der Waals surface area contributed by atoms with E-state index >= 15 is 0 Å². The van der Waals surface area contributed by atoms with Gasteiger partial charge in [0.1, 0.15) is 5.01 Å². The molecule has 0 saturated heterocycles. The molecule has 1 rings (SSSR count). The second kappa shape index (κ2) is 5.44. The lowest BCUT2D eigenvalue weighted by Gasteiger charge is -2.03. The Bertz CT molecular complexity index is 284. The number of hydrogen-bond donors (Lipinski definition) is 1. The molecule has 0 fully saturated rings. The van der Waals surface area contributed by atoms with E-state index in [2.05, 4.69) is 11.9 Å². The van der Waals surface area contributed by atoms with Crippen LogP contribution in [-0.2, 0) is 17.8 Å². The van der Waals surface area contributed by atoms with Gasteiger partial charge < -0.3 is 10.5 Å². The predicted octanol–water partition coefficient (Wildman–Crippen LogP) is 2.26. The molecule has 0 spiro atoms. The lowest BCUT2D eigenvalue weighted by Crippen LogP contribution is -2.05. The Hall–Kier alpha value is -0.450. The second-order valence-electron chi connectivity index (χ2n) is 3.39. The fourth-order valence-electron chi connectivity index (χ4n) is 1.37. The van der Waals surface area contributed by atoms with Crippen LogP contribution in [-0.4, -0.2) is 12.1 Å². The number of thiazole rings is 1. The van der Waals surface area contributed by atoms with E-state index in [0.717, 1.165) is 23.5 Å². The monoisotopic (exact) mass is 214 g/mol. The number of hydrogen-bond acceptors (Lipinski definition) is 4. The Morgan fingerprint density at radius 2 is 2.29 bits per heavy atom. The van der Waals surface area contributed by atoms with Crippen molar-refractivity contribution in [1.29, 1.82) is 0 Å². The molecular weight excluding hydrogens is 196 g/mol. The Kier molecular flexibility index (Phi) is 4.51. The maximum absolute atomic E-state index is 5.88. The van der Waals surface area contributed by atoms with Crippen LogP contribution in [0.4, 0.5) is 0 Å². The maximum Gasteiger partial charge on any atom is 0.119 e. The minimum Gasteiger partial charge on any atom is -0.378 e. The topological polar surface area (TPSA) is 48.1 Å². The van der Waals surface area contributed by atoms with E-state index in [1.807, 2.05) is 6.92 Å². The number of rotatable bonds is 5. The molecule has 0 aliphatic heterocycles. The van der Waals surface area contributed by atoms with Gasteiger partial charge in [-0.2, -0.15) is 0 Å². The number of aryl methyl sites for hydroxylation is 1. The molecule has 14 heavy (non-hydrogen) atoms. The van der Waals surface area contributed by atoms with E-state index in [9.17, 15) is 0 Å². The van der Waals surface area contributed by atoms with Gasteiger partial charge in [0, 0.05) is 18.0 Å². The van der Waals surface area contributed by atoms with Crippen LogP contribution in [0.3, 0.4) is 0 Å². The molecule has 4 heteroatoms. The normalized spacial score (nSPS) is 13.1. The number of ether oxygens (including phenoxy) is 1. The number of nitrogens with two attached hydrogens (primary N) is 1. The fourth-order valence-corrected chi connectivity index (χ4v) is 2.41. The van der Waals surface area contributed by atoms with Crippen molar-refractivity contribution in [3.8, 4) is 0 Å². The SMILES string of the molecule is CCCc1nc(COC)sc1C(C)N. The van der Waals surface area contributed by atoms with Crippen LogP contribution < -0.4 is 5.73 Å². The van der Waals surface area contributed by atoms with Crippen molar-refractivity contribution in [1.82, 2.24) is 4.98 Å². The highest BCUT2D eigenvalue weighted by Gasteiger charge is 2.13. The molecule has 3 nitrogen and oxygen atoms in total. The van der Waals surface area contributed by atoms with E-state index in [-0.39, 0.29) is 6.04 Å². The summed E-state index contributed by atoms with van der Waals surface area (Å²) in [7, 11) is 1.69. The largest absolute Gasteiger partial charge is 0.378 e. The molecular formula is C10H18N2OS. The molecule has 1 heterocycles. The Balaban J connectivity index is 2.87. The highest BCUT2D eigenvalue weighted by atomic mass is 32.1. The van der Waals surface area contributed by atoms with Crippen molar-refractivity contribution in [2.24, 2.45) is 5.73 Å². The molecule has 1 atom stereocenters. The van der Waals surface area contributed by atoms with Crippen molar-refractivity contribution in [3.63, 3.8) is 0 Å². The third kappa shape index (κ3) is 2.77. The zero-order chi connectivity index (χ0) is 10.6. The highest BCUT2D eigenvalue weighted by Crippen LogP contribution is 2.25. The van der Waals surface area contributed by atoms with Crippen molar-refractivity contribution in [2.75, 3.05) is 7.11 Å². The zero-order valence-electron chi connectivity index (χ0n) is 9.04. The molecule has 1 aromatic rings. The van der Waals surface area contributed by atoms with Gasteiger partial charge in [0.25, 0.3) is 0 Å². The van der Waals surface area contributed by atoms with Crippen molar-refractivity contribution < 1.29 is 4.74 Å². The van der Waals surface area contributed by atoms with Gasteiger partial charge in [-0.1, -0.05) is 13.3 Å². The first kappa shape index (κ1) is 11.6. The Morgan fingerprint density at radius 1 is 1.57 bits per heavy atom. The quantitative estimate of drug-likeness (QED) is 0.818. The first-order valence-electron chi connectivity index (χ1n) is 4.92. The lowest BCUT2D eigenvalue weighted by atomic mass is 10.2. The molecule has 0 aliphatic rings. The van der Waals surface area contributed by atoms with Gasteiger partial charge >= 0.3 is 0 Å². The molecule has 2 N–H and O–H groups in total. The Labute approximate surface area is 89.3 Å². The lowest BCUT2D eigenvalue weighted by molar-refractivity contribution is 0.184. The van der Waals surface area contributed by atoms with Crippen LogP contribution in [0.15, 0.2) is 0 Å². The summed E-state index contributed by atoms with van der Waals surface area (Å²) >= 11 is 1.67. The first-order chi connectivity index (χ1) is 6.69. The van der Waals surface area contributed by atoms with Crippen LogP contribution in [0.25, 0.3) is 0 Å². The number of aromatic nitrogens is 1. The van der Waals surface area contributed by atoms with Gasteiger partial charge in [0.15, 0.2) is 0 Å². The van der Waals surface area contributed by atoms with Gasteiger partial charge in [0.05, 0.1) is 12.3 Å². The summed E-state index contributed by atoms with van der Waals surface area (Å²) in [6, 6.07) is 0.0830. The van der Waals surface area contributed by atoms with Crippen molar-refractivity contribution in [2.45, 2.75) is 39.3 Å². The molecule has 0 aromatic carbocycles. The standard InChI is InChI=1S/C10H18N2OS/c1-4-5-8-10(7(2)11)14-9(12-8)6-13-3/h7H,4-6,11H2,1-3H3. The fraction of sp³-hybridized carbons (Fsp3) is 0.700. The van der Waals surface area contributed by atoms with E-state index in [0.29, 0.717) is 6.61 Å². The summed E-state index contributed by atoms with van der Waals surface area (Å²) in [4.78, 5) is 5.73. The number of nitrogens with zero attached hydrogens (tertiary/aromatic N) is 1. The first-order valence-corrected chi connectivity index (χ1v) is 5.73. The minimum absolute atomic E-state index is 0.0830. The van der Waals surface area contributed by atoms with Crippen LogP contribution in [0, 0.1) is 0 Å². The number of methoxy groups -OCH3 is 1. The van der Waals surface area contributed by atoms with Crippen molar-refractivity contribution >= 4 is 11.3 Å². The van der Waals surface area contributed by atoms with Crippen LogP contribution in [0.5, 0.6) is 0 Å². The van der Waals surface area contributed by atoms with E-state index in [4.69, 9.17) is 10.5 Å². The van der Waals surface area contributed by atoms with Crippen molar-refractivity contribution in [3.05, 3.63) is 15.6 Å². The second-order valence-corrected chi connectivity index (χ2v) is 4.51. The van der Waals surface area contributed by atoms with Crippen LogP contribution in [0.1, 0.15) is 41.9 Å². The van der Waals surface area contributed by atoms with Gasteiger partial charge in [-0.15, -0.1) is 11.3 Å². The molecule has 0 amide bonds. The molecule has 80 valence electrons. The van der Waals surface area contributed by atoms with Gasteiger partial charge in [-0.05, 0) is 13.3 Å². The van der Waals surface area contributed by atoms with Crippen LogP contribution >= 0.6 is 11.3 Å². The Morgan fingerprint density at radius 3 is 2.79 bits per heavy atom. The molecule has 0 aliphatic carbocycles. The third-order valence-corrected chi connectivity index (χ3v) is 3.21. The van der Waals surface area contributed by atoms with E-state index in [1.54, 1.807) is 18.4 Å². The molecule has 1 aromatic heterocycles. The summed E-state index contributed by atoms with van der Waals surface area (Å²) in [5.41, 5.74) is 7.04. The summed E-state index contributed by atoms with van der Waals surface area (Å²) in [6.45, 7) is 4.75. The third-order valence-electron chi connectivity index (χ3n) is 1.94. The van der Waals surface area contributed by atoms with Gasteiger partial charge in [-0.25, -0.2) is 4.98 Å². The summed E-state index contributed by atoms with van der Waals surface area (Å²) in [6.07, 6.45) is 2.12. The molecule has 0 bridgehead atoms. The average molecular weight is 214 g/mol. The molecule has 0 saturated carbocycles. The average Bonchev–Trinajstić information content (AvgIpc) is 2.49. The van der Waals surface area contributed by atoms with Gasteiger partial charge in [0.2, 0.25) is 0 Å².